The van der Waals surface area contributed by atoms with E-state index in [-0.39, 0.29) is 5.69 Å². The van der Waals surface area contributed by atoms with Gasteiger partial charge in [0.1, 0.15) is 0 Å². The average molecular weight is 364 g/mol. The average Bonchev–Trinajstić information content (AvgIpc) is 2.62. The maximum Gasteiger partial charge on any atom is 0.418 e. The normalized spacial score (nSPS) is 15.0. The van der Waals surface area contributed by atoms with E-state index in [1.807, 2.05) is 4.90 Å². The third-order valence-corrected chi connectivity index (χ3v) is 4.19. The first kappa shape index (κ1) is 18.3. The molecule has 1 heterocycles. The molecule has 1 N–H and O–H groups in total. The van der Waals surface area contributed by atoms with Crippen LogP contribution in [0, 0.1) is 0 Å². The molecule has 1 saturated heterocycles. The van der Waals surface area contributed by atoms with Crippen molar-refractivity contribution in [1.82, 2.24) is 0 Å². The second-order valence-corrected chi connectivity index (χ2v) is 6.06. The fourth-order valence-corrected chi connectivity index (χ4v) is 3.01. The molecule has 1 aliphatic rings. The van der Waals surface area contributed by atoms with Gasteiger partial charge >= 0.3 is 6.18 Å². The standard InChI is InChI=1S/C19H19F3N2O2/c1-13(25)23-18-16(14-5-3-2-4-6-14)11-15(12-17(18)19(20,21)22)24-7-9-26-10-8-24/h2-6,11-12H,7-10H2,1H3,(H,23,25). The van der Waals surface area contributed by atoms with Crippen molar-refractivity contribution < 1.29 is 22.7 Å². The van der Waals surface area contributed by atoms with Crippen LogP contribution in [0.1, 0.15) is 12.5 Å². The number of carbonyl (C=O) groups excluding carboxylic acids is 1. The Morgan fingerprint density at radius 2 is 1.77 bits per heavy atom. The molecular formula is C19H19F3N2O2. The summed E-state index contributed by atoms with van der Waals surface area (Å²) in [6.07, 6.45) is -4.59. The van der Waals surface area contributed by atoms with Crippen molar-refractivity contribution in [3.63, 3.8) is 0 Å². The van der Waals surface area contributed by atoms with Crippen molar-refractivity contribution in [2.24, 2.45) is 0 Å². The quantitative estimate of drug-likeness (QED) is 0.889. The molecule has 0 aromatic heterocycles. The van der Waals surface area contributed by atoms with Gasteiger partial charge in [0.15, 0.2) is 0 Å². The van der Waals surface area contributed by atoms with Gasteiger partial charge in [0.25, 0.3) is 0 Å². The minimum absolute atomic E-state index is 0.215. The molecule has 2 aromatic rings. The van der Waals surface area contributed by atoms with Gasteiger partial charge in [-0.15, -0.1) is 0 Å². The van der Waals surface area contributed by atoms with Crippen LogP contribution in [0.4, 0.5) is 24.5 Å². The Morgan fingerprint density at radius 3 is 2.35 bits per heavy atom. The summed E-state index contributed by atoms with van der Waals surface area (Å²) in [5.41, 5.74) is 0.353. The number of alkyl halides is 3. The van der Waals surface area contributed by atoms with Crippen LogP contribution in [0.5, 0.6) is 0 Å². The van der Waals surface area contributed by atoms with E-state index in [1.165, 1.54) is 6.92 Å². The molecule has 0 saturated carbocycles. The van der Waals surface area contributed by atoms with Crippen molar-refractivity contribution in [3.8, 4) is 11.1 Å². The van der Waals surface area contributed by atoms with Crippen LogP contribution < -0.4 is 10.2 Å². The monoisotopic (exact) mass is 364 g/mol. The summed E-state index contributed by atoms with van der Waals surface area (Å²) < 4.78 is 46.5. The van der Waals surface area contributed by atoms with Gasteiger partial charge in [0.05, 0.1) is 24.5 Å². The van der Waals surface area contributed by atoms with E-state index in [0.717, 1.165) is 6.07 Å². The first-order chi connectivity index (χ1) is 12.4. The molecule has 1 amide bonds. The Labute approximate surface area is 149 Å². The third-order valence-electron chi connectivity index (χ3n) is 4.19. The second-order valence-electron chi connectivity index (χ2n) is 6.06. The van der Waals surface area contributed by atoms with Gasteiger partial charge < -0.3 is 15.0 Å². The lowest BCUT2D eigenvalue weighted by molar-refractivity contribution is -0.136. The number of anilines is 2. The van der Waals surface area contributed by atoms with Crippen LogP contribution in [-0.2, 0) is 15.7 Å². The molecule has 26 heavy (non-hydrogen) atoms. The van der Waals surface area contributed by atoms with Crippen LogP contribution >= 0.6 is 0 Å². The molecule has 1 fully saturated rings. The zero-order chi connectivity index (χ0) is 18.7. The highest BCUT2D eigenvalue weighted by Crippen LogP contribution is 2.43. The highest BCUT2D eigenvalue weighted by Gasteiger charge is 2.36. The van der Waals surface area contributed by atoms with E-state index in [2.05, 4.69) is 5.32 Å². The molecule has 3 rings (SSSR count). The van der Waals surface area contributed by atoms with Gasteiger partial charge in [-0.05, 0) is 17.7 Å². The number of carbonyl (C=O) groups is 1. The van der Waals surface area contributed by atoms with Gasteiger partial charge in [-0.2, -0.15) is 13.2 Å². The first-order valence-corrected chi connectivity index (χ1v) is 8.27. The predicted molar refractivity (Wildman–Crippen MR) is 94.2 cm³/mol. The van der Waals surface area contributed by atoms with E-state index in [9.17, 15) is 18.0 Å². The largest absolute Gasteiger partial charge is 0.418 e. The summed E-state index contributed by atoms with van der Waals surface area (Å²) in [5, 5.41) is 2.38. The Bertz CT molecular complexity index is 785. The van der Waals surface area contributed by atoms with Gasteiger partial charge in [0.2, 0.25) is 5.91 Å². The fraction of sp³-hybridized carbons (Fsp3) is 0.316. The first-order valence-electron chi connectivity index (χ1n) is 8.27. The molecule has 4 nitrogen and oxygen atoms in total. The highest BCUT2D eigenvalue weighted by molar-refractivity contribution is 5.96. The molecule has 7 heteroatoms. The molecule has 0 spiro atoms. The number of nitrogens with one attached hydrogen (secondary N) is 1. The van der Waals surface area contributed by atoms with Crippen molar-refractivity contribution in [1.29, 1.82) is 0 Å². The summed E-state index contributed by atoms with van der Waals surface area (Å²) in [6, 6.07) is 11.5. The van der Waals surface area contributed by atoms with Gasteiger partial charge in [-0.1, -0.05) is 30.3 Å². The summed E-state index contributed by atoms with van der Waals surface area (Å²) in [6.45, 7) is 3.17. The van der Waals surface area contributed by atoms with Crippen LogP contribution in [0.3, 0.4) is 0 Å². The lowest BCUT2D eigenvalue weighted by Crippen LogP contribution is -2.36. The summed E-state index contributed by atoms with van der Waals surface area (Å²) >= 11 is 0. The van der Waals surface area contributed by atoms with Crippen LogP contribution in [-0.4, -0.2) is 32.2 Å². The number of hydrogen-bond donors (Lipinski definition) is 1. The minimum atomic E-state index is -4.59. The van der Waals surface area contributed by atoms with Gasteiger partial charge in [0, 0.05) is 31.3 Å². The SMILES string of the molecule is CC(=O)Nc1c(-c2ccccc2)cc(N2CCOCC2)cc1C(F)(F)F. The number of nitrogens with zero attached hydrogens (tertiary/aromatic N) is 1. The zero-order valence-electron chi connectivity index (χ0n) is 14.3. The molecule has 0 radical (unpaired) electrons. The Balaban J connectivity index is 2.21. The molecular weight excluding hydrogens is 345 g/mol. The van der Waals surface area contributed by atoms with Crippen molar-refractivity contribution in [2.75, 3.05) is 36.5 Å². The second kappa shape index (κ2) is 7.37. The topological polar surface area (TPSA) is 41.6 Å². The van der Waals surface area contributed by atoms with Gasteiger partial charge in [-0.3, -0.25) is 4.79 Å². The van der Waals surface area contributed by atoms with Crippen molar-refractivity contribution in [3.05, 3.63) is 48.0 Å². The van der Waals surface area contributed by atoms with E-state index < -0.39 is 17.6 Å². The predicted octanol–water partition coefficient (Wildman–Crippen LogP) is 4.17. The molecule has 0 atom stereocenters. The van der Waals surface area contributed by atoms with Crippen LogP contribution in [0.15, 0.2) is 42.5 Å². The number of halogens is 3. The molecule has 1 aliphatic heterocycles. The fourth-order valence-electron chi connectivity index (χ4n) is 3.01. The Morgan fingerprint density at radius 1 is 1.12 bits per heavy atom. The number of ether oxygens (including phenoxy) is 1. The number of hydrogen-bond acceptors (Lipinski definition) is 3. The number of morpholine rings is 1. The molecule has 2 aromatic carbocycles. The van der Waals surface area contributed by atoms with E-state index >= 15 is 0 Å². The molecule has 138 valence electrons. The summed E-state index contributed by atoms with van der Waals surface area (Å²) in [4.78, 5) is 13.4. The van der Waals surface area contributed by atoms with Gasteiger partial charge in [-0.25, -0.2) is 0 Å². The highest BCUT2D eigenvalue weighted by atomic mass is 19.4. The third kappa shape index (κ3) is 3.99. The summed E-state index contributed by atoms with van der Waals surface area (Å²) in [7, 11) is 0. The maximum absolute atomic E-state index is 13.7. The van der Waals surface area contributed by atoms with E-state index in [4.69, 9.17) is 4.74 Å². The molecule has 0 bridgehead atoms. The lowest BCUT2D eigenvalue weighted by atomic mass is 9.97. The minimum Gasteiger partial charge on any atom is -0.378 e. The zero-order valence-corrected chi connectivity index (χ0v) is 14.3. The van der Waals surface area contributed by atoms with Crippen molar-refractivity contribution >= 4 is 17.3 Å². The smallest absolute Gasteiger partial charge is 0.378 e. The lowest BCUT2D eigenvalue weighted by Gasteiger charge is -2.30. The number of rotatable bonds is 3. The maximum atomic E-state index is 13.7. The van der Waals surface area contributed by atoms with Crippen LogP contribution in [0.2, 0.25) is 0 Å². The van der Waals surface area contributed by atoms with Crippen molar-refractivity contribution in [2.45, 2.75) is 13.1 Å². The van der Waals surface area contributed by atoms with Crippen LogP contribution in [0.25, 0.3) is 11.1 Å². The van der Waals surface area contributed by atoms with E-state index in [0.29, 0.717) is 43.1 Å². The Hall–Kier alpha value is -2.54. The number of amides is 1. The molecule has 0 aliphatic carbocycles. The number of benzene rings is 2. The summed E-state index contributed by atoms with van der Waals surface area (Å²) in [5.74, 6) is -0.549. The molecule has 0 unspecified atom stereocenters. The van der Waals surface area contributed by atoms with E-state index in [1.54, 1.807) is 36.4 Å². The Kier molecular flexibility index (Phi) is 5.18.